The summed E-state index contributed by atoms with van der Waals surface area (Å²) in [7, 11) is -2.29. The van der Waals surface area contributed by atoms with Crippen LogP contribution in [0.25, 0.3) is 0 Å². The molecule has 1 N–H and O–H groups in total. The van der Waals surface area contributed by atoms with Gasteiger partial charge in [-0.15, -0.1) is 0 Å². The Morgan fingerprint density at radius 3 is 2.23 bits per heavy atom. The molecule has 2 unspecified atom stereocenters. The van der Waals surface area contributed by atoms with Crippen molar-refractivity contribution in [1.29, 1.82) is 4.78 Å². The van der Waals surface area contributed by atoms with Crippen molar-refractivity contribution in [1.82, 2.24) is 0 Å². The van der Waals surface area contributed by atoms with Crippen LogP contribution >= 0.6 is 0 Å². The lowest BCUT2D eigenvalue weighted by molar-refractivity contribution is 0.593. The Kier molecular flexibility index (Phi) is 5.61. The Morgan fingerprint density at radius 2 is 1.85 bits per heavy atom. The first kappa shape index (κ1) is 12.9. The van der Waals surface area contributed by atoms with E-state index in [4.69, 9.17) is 4.78 Å². The molecule has 0 saturated heterocycles. The predicted molar refractivity (Wildman–Crippen MR) is 59.5 cm³/mol. The third-order valence-electron chi connectivity index (χ3n) is 2.28. The zero-order chi connectivity index (χ0) is 10.5. The van der Waals surface area contributed by atoms with E-state index in [0.717, 1.165) is 12.8 Å². The molecule has 0 aliphatic rings. The second kappa shape index (κ2) is 5.63. The van der Waals surface area contributed by atoms with Gasteiger partial charge in [0.25, 0.3) is 0 Å². The van der Waals surface area contributed by atoms with E-state index < -0.39 is 9.73 Å². The highest BCUT2D eigenvalue weighted by Crippen LogP contribution is 2.10. The predicted octanol–water partition coefficient (Wildman–Crippen LogP) is 3.13. The molecule has 2 nitrogen and oxygen atoms in total. The summed E-state index contributed by atoms with van der Waals surface area (Å²) < 4.78 is 19.4. The zero-order valence-corrected chi connectivity index (χ0v) is 10.1. The number of hydrogen-bond acceptors (Lipinski definition) is 2. The van der Waals surface area contributed by atoms with Crippen molar-refractivity contribution in [2.75, 3.05) is 11.5 Å². The van der Waals surface area contributed by atoms with Crippen molar-refractivity contribution in [2.24, 2.45) is 11.8 Å². The van der Waals surface area contributed by atoms with Crippen molar-refractivity contribution in [2.45, 2.75) is 40.5 Å². The summed E-state index contributed by atoms with van der Waals surface area (Å²) in [6, 6.07) is 0. The molecule has 0 aliphatic carbocycles. The number of rotatable bonds is 6. The lowest BCUT2D eigenvalue weighted by Gasteiger charge is -2.12. The highest BCUT2D eigenvalue weighted by molar-refractivity contribution is 7.92. The molecule has 13 heavy (non-hydrogen) atoms. The summed E-state index contributed by atoms with van der Waals surface area (Å²) in [4.78, 5) is 0. The molecular formula is C10H23NOS. The monoisotopic (exact) mass is 205 g/mol. The van der Waals surface area contributed by atoms with E-state index in [-0.39, 0.29) is 0 Å². The Bertz CT molecular complexity index is 219. The molecule has 0 aliphatic heterocycles. The molecule has 0 fully saturated rings. The van der Waals surface area contributed by atoms with E-state index >= 15 is 0 Å². The molecule has 80 valence electrons. The van der Waals surface area contributed by atoms with E-state index in [1.54, 1.807) is 0 Å². The fourth-order valence-electron chi connectivity index (χ4n) is 1.09. The molecule has 3 heteroatoms. The SMILES string of the molecule is CCC(C)CS(=N)(=O)CCC(C)C. The Labute approximate surface area is 83.1 Å². The first-order chi connectivity index (χ1) is 5.87. The quantitative estimate of drug-likeness (QED) is 0.711. The molecule has 0 rings (SSSR count). The highest BCUT2D eigenvalue weighted by atomic mass is 32.2. The van der Waals surface area contributed by atoms with Gasteiger partial charge < -0.3 is 0 Å². The van der Waals surface area contributed by atoms with Gasteiger partial charge in [0.1, 0.15) is 0 Å². The van der Waals surface area contributed by atoms with Gasteiger partial charge >= 0.3 is 0 Å². The minimum Gasteiger partial charge on any atom is -0.253 e. The fourth-order valence-corrected chi connectivity index (χ4v) is 3.26. The largest absolute Gasteiger partial charge is 0.253 e. The van der Waals surface area contributed by atoms with Crippen LogP contribution in [0.1, 0.15) is 40.5 Å². The van der Waals surface area contributed by atoms with Crippen LogP contribution in [0.15, 0.2) is 0 Å². The van der Waals surface area contributed by atoms with Crippen LogP contribution in [0.4, 0.5) is 0 Å². The molecule has 0 radical (unpaired) electrons. The molecule has 0 aromatic rings. The number of hydrogen-bond donors (Lipinski definition) is 1. The molecular weight excluding hydrogens is 182 g/mol. The second-order valence-corrected chi connectivity index (χ2v) is 6.74. The molecule has 2 atom stereocenters. The van der Waals surface area contributed by atoms with Crippen LogP contribution in [0, 0.1) is 16.6 Å². The van der Waals surface area contributed by atoms with Gasteiger partial charge in [-0.2, -0.15) is 0 Å². The lowest BCUT2D eigenvalue weighted by Crippen LogP contribution is -2.16. The van der Waals surface area contributed by atoms with Crippen LogP contribution in [-0.2, 0) is 9.73 Å². The smallest absolute Gasteiger partial charge is 0.0444 e. The summed E-state index contributed by atoms with van der Waals surface area (Å²) in [6.07, 6.45) is 1.94. The molecule has 0 saturated carbocycles. The summed E-state index contributed by atoms with van der Waals surface area (Å²) in [5.74, 6) is 2.14. The van der Waals surface area contributed by atoms with Crippen molar-refractivity contribution in [3.8, 4) is 0 Å². The maximum absolute atomic E-state index is 11.7. The van der Waals surface area contributed by atoms with E-state index in [2.05, 4.69) is 27.7 Å². The third kappa shape index (κ3) is 7.05. The Hall–Kier alpha value is -0.0500. The first-order valence-corrected chi connectivity index (χ1v) is 7.01. The average Bonchev–Trinajstić information content (AvgIpc) is 2.00. The molecule has 0 bridgehead atoms. The van der Waals surface area contributed by atoms with Crippen molar-refractivity contribution >= 4 is 9.73 Å². The summed E-state index contributed by atoms with van der Waals surface area (Å²) >= 11 is 0. The van der Waals surface area contributed by atoms with Crippen LogP contribution in [0.5, 0.6) is 0 Å². The van der Waals surface area contributed by atoms with Gasteiger partial charge in [0.2, 0.25) is 0 Å². The first-order valence-electron chi connectivity index (χ1n) is 5.11. The van der Waals surface area contributed by atoms with E-state index in [1.165, 1.54) is 0 Å². The van der Waals surface area contributed by atoms with Crippen molar-refractivity contribution < 1.29 is 4.21 Å². The molecule has 0 spiro atoms. The van der Waals surface area contributed by atoms with Crippen LogP contribution in [-0.4, -0.2) is 15.7 Å². The third-order valence-corrected chi connectivity index (χ3v) is 4.28. The van der Waals surface area contributed by atoms with Gasteiger partial charge in [-0.05, 0) is 18.3 Å². The standard InChI is InChI=1S/C10H23NOS/c1-5-10(4)8-13(11,12)7-6-9(2)3/h9-11H,5-8H2,1-4H3. The summed E-state index contributed by atoms with van der Waals surface area (Å²) in [5.41, 5.74) is 0. The molecule has 0 aromatic heterocycles. The maximum atomic E-state index is 11.7. The van der Waals surface area contributed by atoms with E-state index in [9.17, 15) is 4.21 Å². The Morgan fingerprint density at radius 1 is 1.31 bits per heavy atom. The normalized spacial score (nSPS) is 18.5. The second-order valence-electron chi connectivity index (χ2n) is 4.38. The van der Waals surface area contributed by atoms with Gasteiger partial charge in [-0.3, -0.25) is 4.78 Å². The van der Waals surface area contributed by atoms with Crippen LogP contribution in [0.2, 0.25) is 0 Å². The van der Waals surface area contributed by atoms with Crippen LogP contribution < -0.4 is 0 Å². The minimum absolute atomic E-state index is 0.428. The van der Waals surface area contributed by atoms with Gasteiger partial charge in [-0.25, -0.2) is 4.21 Å². The fraction of sp³-hybridized carbons (Fsp3) is 1.00. The highest BCUT2D eigenvalue weighted by Gasteiger charge is 2.11. The lowest BCUT2D eigenvalue weighted by atomic mass is 10.2. The van der Waals surface area contributed by atoms with Gasteiger partial charge in [0, 0.05) is 21.2 Å². The number of nitrogens with one attached hydrogen (secondary N) is 1. The van der Waals surface area contributed by atoms with Gasteiger partial charge in [-0.1, -0.05) is 34.1 Å². The minimum atomic E-state index is -2.29. The molecule has 0 heterocycles. The van der Waals surface area contributed by atoms with Gasteiger partial charge in [0.05, 0.1) is 0 Å². The van der Waals surface area contributed by atoms with Crippen LogP contribution in [0.3, 0.4) is 0 Å². The van der Waals surface area contributed by atoms with E-state index in [1.807, 2.05) is 0 Å². The molecule has 0 aromatic carbocycles. The topological polar surface area (TPSA) is 40.9 Å². The van der Waals surface area contributed by atoms with Crippen molar-refractivity contribution in [3.05, 3.63) is 0 Å². The summed E-state index contributed by atoms with van der Waals surface area (Å²) in [5, 5.41) is 0. The van der Waals surface area contributed by atoms with E-state index in [0.29, 0.717) is 23.3 Å². The summed E-state index contributed by atoms with van der Waals surface area (Å²) in [6.45, 7) is 8.38. The average molecular weight is 205 g/mol. The maximum Gasteiger partial charge on any atom is 0.0444 e. The van der Waals surface area contributed by atoms with Crippen molar-refractivity contribution in [3.63, 3.8) is 0 Å². The Balaban J connectivity index is 3.95. The van der Waals surface area contributed by atoms with Gasteiger partial charge in [0.15, 0.2) is 0 Å². The molecule has 0 amide bonds. The zero-order valence-electron chi connectivity index (χ0n) is 9.30.